The van der Waals surface area contributed by atoms with Crippen LogP contribution < -0.4 is 5.32 Å². The molecule has 2 fully saturated rings. The molecule has 4 nitrogen and oxygen atoms in total. The number of carbonyl (C=O) groups is 2. The molecule has 5 heteroatoms. The Bertz CT molecular complexity index is 380. The summed E-state index contributed by atoms with van der Waals surface area (Å²) in [5.41, 5.74) is -1.54. The number of carbonyl (C=O) groups excluding carboxylic acids is 2. The molecule has 1 unspecified atom stereocenters. The molecular weight excluding hydrogens is 247 g/mol. The minimum absolute atomic E-state index is 0.0483. The lowest BCUT2D eigenvalue weighted by Gasteiger charge is -2.50. The maximum absolute atomic E-state index is 12.7. The van der Waals surface area contributed by atoms with Crippen LogP contribution >= 0.6 is 0 Å². The van der Waals surface area contributed by atoms with Gasteiger partial charge in [0.1, 0.15) is 11.1 Å². The van der Waals surface area contributed by atoms with Gasteiger partial charge in [0.05, 0.1) is 6.67 Å². The van der Waals surface area contributed by atoms with E-state index in [0.717, 1.165) is 12.8 Å². The summed E-state index contributed by atoms with van der Waals surface area (Å²) < 4.78 is 12.5. The van der Waals surface area contributed by atoms with Gasteiger partial charge < -0.3 is 10.2 Å². The number of nitrogens with zero attached hydrogens (tertiary/aromatic N) is 1. The molecule has 1 aliphatic heterocycles. The Hall–Kier alpha value is -1.13. The Labute approximate surface area is 113 Å². The van der Waals surface area contributed by atoms with Crippen LogP contribution in [-0.4, -0.2) is 41.0 Å². The molecule has 0 aromatic rings. The van der Waals surface area contributed by atoms with Gasteiger partial charge in [-0.25, -0.2) is 0 Å². The Kier molecular flexibility index (Phi) is 3.83. The lowest BCUT2D eigenvalue weighted by molar-refractivity contribution is -0.162. The third-order valence-electron chi connectivity index (χ3n) is 4.70. The fourth-order valence-electron chi connectivity index (χ4n) is 3.27. The molecule has 1 saturated heterocycles. The van der Waals surface area contributed by atoms with E-state index in [-0.39, 0.29) is 11.8 Å². The molecule has 108 valence electrons. The molecule has 0 radical (unpaired) electrons. The van der Waals surface area contributed by atoms with Crippen molar-refractivity contribution in [2.24, 2.45) is 0 Å². The lowest BCUT2D eigenvalue weighted by Crippen LogP contribution is -2.74. The Balaban J connectivity index is 2.33. The molecule has 1 aliphatic carbocycles. The maximum atomic E-state index is 12.7. The van der Waals surface area contributed by atoms with Crippen molar-refractivity contribution in [3.63, 3.8) is 0 Å². The van der Waals surface area contributed by atoms with Crippen LogP contribution in [-0.2, 0) is 9.59 Å². The van der Waals surface area contributed by atoms with Crippen molar-refractivity contribution in [2.45, 2.75) is 63.5 Å². The second kappa shape index (κ2) is 5.10. The highest BCUT2D eigenvalue weighted by atomic mass is 19.1. The molecule has 2 rings (SSSR count). The van der Waals surface area contributed by atoms with Crippen molar-refractivity contribution in [3.8, 4) is 0 Å². The number of hydrogen-bond donors (Lipinski definition) is 1. The predicted octanol–water partition coefficient (Wildman–Crippen LogP) is 1.79. The van der Waals surface area contributed by atoms with E-state index in [0.29, 0.717) is 32.2 Å². The zero-order chi connectivity index (χ0) is 14.1. The third-order valence-corrected chi connectivity index (χ3v) is 4.70. The van der Waals surface area contributed by atoms with E-state index in [9.17, 15) is 14.0 Å². The van der Waals surface area contributed by atoms with Gasteiger partial charge in [-0.1, -0.05) is 19.8 Å². The molecule has 1 saturated carbocycles. The molecule has 1 atom stereocenters. The molecule has 0 bridgehead atoms. The van der Waals surface area contributed by atoms with Gasteiger partial charge in [0, 0.05) is 6.54 Å². The monoisotopic (exact) mass is 270 g/mol. The zero-order valence-electron chi connectivity index (χ0n) is 11.8. The Morgan fingerprint density at radius 1 is 1.32 bits per heavy atom. The van der Waals surface area contributed by atoms with Crippen molar-refractivity contribution in [2.75, 3.05) is 13.2 Å². The highest BCUT2D eigenvalue weighted by molar-refractivity contribution is 6.02. The first-order valence-electron chi connectivity index (χ1n) is 7.21. The van der Waals surface area contributed by atoms with E-state index in [1.165, 1.54) is 0 Å². The van der Waals surface area contributed by atoms with Crippen molar-refractivity contribution in [1.82, 2.24) is 10.2 Å². The highest BCUT2D eigenvalue weighted by Gasteiger charge is 2.56. The normalized spacial score (nSPS) is 29.9. The standard InChI is InChI=1S/C14H23FN2O2/c1-3-13(2)12(19)17(10-6-9-15)14(11(18)16-13)7-4-5-8-14/h3-10H2,1-2H3,(H,16,18). The second-order valence-electron chi connectivity index (χ2n) is 5.88. The lowest BCUT2D eigenvalue weighted by atomic mass is 9.83. The average molecular weight is 270 g/mol. The van der Waals surface area contributed by atoms with Crippen LogP contribution in [0.25, 0.3) is 0 Å². The van der Waals surface area contributed by atoms with Gasteiger partial charge in [-0.05, 0) is 32.6 Å². The van der Waals surface area contributed by atoms with Gasteiger partial charge in [-0.2, -0.15) is 0 Å². The summed E-state index contributed by atoms with van der Waals surface area (Å²) in [5, 5.41) is 2.91. The van der Waals surface area contributed by atoms with E-state index in [2.05, 4.69) is 5.32 Å². The molecular formula is C14H23FN2O2. The van der Waals surface area contributed by atoms with Crippen LogP contribution in [0, 0.1) is 0 Å². The van der Waals surface area contributed by atoms with E-state index in [1.54, 1.807) is 11.8 Å². The maximum Gasteiger partial charge on any atom is 0.248 e. The molecule has 2 aliphatic rings. The molecule has 1 heterocycles. The third kappa shape index (κ3) is 2.13. The summed E-state index contributed by atoms with van der Waals surface area (Å²) >= 11 is 0. The molecule has 1 N–H and O–H groups in total. The van der Waals surface area contributed by atoms with E-state index in [4.69, 9.17) is 0 Å². The van der Waals surface area contributed by atoms with Crippen LogP contribution in [0.15, 0.2) is 0 Å². The van der Waals surface area contributed by atoms with Gasteiger partial charge in [-0.15, -0.1) is 0 Å². The molecule has 2 amide bonds. The Morgan fingerprint density at radius 3 is 2.47 bits per heavy atom. The van der Waals surface area contributed by atoms with Crippen LogP contribution in [0.4, 0.5) is 4.39 Å². The van der Waals surface area contributed by atoms with E-state index in [1.807, 2.05) is 6.92 Å². The molecule has 0 aromatic carbocycles. The van der Waals surface area contributed by atoms with Crippen LogP contribution in [0.2, 0.25) is 0 Å². The molecule has 19 heavy (non-hydrogen) atoms. The van der Waals surface area contributed by atoms with E-state index < -0.39 is 17.8 Å². The minimum atomic E-state index is -0.832. The quantitative estimate of drug-likeness (QED) is 0.846. The number of halogens is 1. The van der Waals surface area contributed by atoms with E-state index >= 15 is 0 Å². The average Bonchev–Trinajstić information content (AvgIpc) is 2.88. The number of amides is 2. The van der Waals surface area contributed by atoms with Crippen LogP contribution in [0.5, 0.6) is 0 Å². The number of hydrogen-bond acceptors (Lipinski definition) is 2. The van der Waals surface area contributed by atoms with Crippen molar-refractivity contribution in [1.29, 1.82) is 0 Å². The van der Waals surface area contributed by atoms with Crippen molar-refractivity contribution in [3.05, 3.63) is 0 Å². The van der Waals surface area contributed by atoms with Crippen LogP contribution in [0.1, 0.15) is 52.4 Å². The summed E-state index contributed by atoms with van der Waals surface area (Å²) in [7, 11) is 0. The SMILES string of the molecule is CCC1(C)NC(=O)C2(CCCC2)N(CCCF)C1=O. The van der Waals surface area contributed by atoms with Gasteiger partial charge in [-0.3, -0.25) is 14.0 Å². The summed E-state index contributed by atoms with van der Waals surface area (Å²) in [6.07, 6.45) is 4.18. The first-order chi connectivity index (χ1) is 9.00. The van der Waals surface area contributed by atoms with Crippen molar-refractivity contribution >= 4 is 11.8 Å². The molecule has 0 aromatic heterocycles. The van der Waals surface area contributed by atoms with Crippen LogP contribution in [0.3, 0.4) is 0 Å². The first kappa shape index (κ1) is 14.3. The van der Waals surface area contributed by atoms with Crippen molar-refractivity contribution < 1.29 is 14.0 Å². The van der Waals surface area contributed by atoms with Gasteiger partial charge >= 0.3 is 0 Å². The minimum Gasteiger partial charge on any atom is -0.340 e. The second-order valence-corrected chi connectivity index (χ2v) is 5.88. The molecule has 1 spiro atoms. The topological polar surface area (TPSA) is 49.4 Å². The zero-order valence-corrected chi connectivity index (χ0v) is 11.8. The highest BCUT2D eigenvalue weighted by Crippen LogP contribution is 2.40. The summed E-state index contributed by atoms with van der Waals surface area (Å²) in [6, 6.07) is 0. The summed E-state index contributed by atoms with van der Waals surface area (Å²) in [5.74, 6) is -0.0993. The predicted molar refractivity (Wildman–Crippen MR) is 70.3 cm³/mol. The fraction of sp³-hybridized carbons (Fsp3) is 0.857. The Morgan fingerprint density at radius 2 is 1.95 bits per heavy atom. The number of rotatable bonds is 4. The smallest absolute Gasteiger partial charge is 0.248 e. The fourth-order valence-corrected chi connectivity index (χ4v) is 3.27. The van der Waals surface area contributed by atoms with Gasteiger partial charge in [0.15, 0.2) is 0 Å². The first-order valence-corrected chi connectivity index (χ1v) is 7.21. The summed E-state index contributed by atoms with van der Waals surface area (Å²) in [4.78, 5) is 26.9. The van der Waals surface area contributed by atoms with Gasteiger partial charge in [0.25, 0.3) is 0 Å². The van der Waals surface area contributed by atoms with Gasteiger partial charge in [0.2, 0.25) is 11.8 Å². The summed E-state index contributed by atoms with van der Waals surface area (Å²) in [6.45, 7) is 3.54. The number of alkyl halides is 1. The number of piperazine rings is 1. The number of nitrogens with one attached hydrogen (secondary N) is 1. The largest absolute Gasteiger partial charge is 0.340 e.